The van der Waals surface area contributed by atoms with Crippen LogP contribution in [-0.2, 0) is 11.3 Å². The molecule has 2 heterocycles. The number of hydrogen-bond donors (Lipinski definition) is 0. The van der Waals surface area contributed by atoms with E-state index in [0.717, 1.165) is 49.6 Å². The zero-order valence-corrected chi connectivity index (χ0v) is 18.5. The van der Waals surface area contributed by atoms with E-state index in [9.17, 15) is 9.18 Å². The first-order valence-corrected chi connectivity index (χ1v) is 10.8. The molecule has 3 rings (SSSR count). The van der Waals surface area contributed by atoms with Crippen LogP contribution in [0, 0.1) is 11.7 Å². The highest BCUT2D eigenvalue weighted by molar-refractivity contribution is 5.77. The number of piperazine rings is 1. The fourth-order valence-electron chi connectivity index (χ4n) is 3.66. The Kier molecular flexibility index (Phi) is 7.48. The van der Waals surface area contributed by atoms with E-state index in [1.807, 2.05) is 11.8 Å². The number of nitrogens with zero attached hydrogens (tertiary/aromatic N) is 4. The second kappa shape index (κ2) is 10.1. The summed E-state index contributed by atoms with van der Waals surface area (Å²) in [6.45, 7) is 10.9. The van der Waals surface area contributed by atoms with Gasteiger partial charge in [-0.15, -0.1) is 0 Å². The Bertz CT molecular complexity index is 826. The van der Waals surface area contributed by atoms with E-state index in [0.29, 0.717) is 31.1 Å². The number of carbonyl (C=O) groups excluding carboxylic acids is 1. The number of carbonyl (C=O) groups is 1. The van der Waals surface area contributed by atoms with Crippen molar-refractivity contribution in [3.05, 3.63) is 35.6 Å². The molecule has 0 atom stereocenters. The summed E-state index contributed by atoms with van der Waals surface area (Å²) in [6, 6.07) is 6.28. The summed E-state index contributed by atoms with van der Waals surface area (Å²) >= 11 is 0. The largest absolute Gasteiger partial charge is 0.338 e. The van der Waals surface area contributed by atoms with Crippen molar-refractivity contribution < 1.29 is 13.7 Å². The van der Waals surface area contributed by atoms with Gasteiger partial charge in [0.05, 0.1) is 12.1 Å². The van der Waals surface area contributed by atoms with E-state index < -0.39 is 0 Å². The highest BCUT2D eigenvalue weighted by Gasteiger charge is 2.27. The number of anilines is 1. The van der Waals surface area contributed by atoms with Crippen LogP contribution in [0.1, 0.15) is 39.2 Å². The van der Waals surface area contributed by atoms with Crippen molar-refractivity contribution in [2.75, 3.05) is 44.7 Å². The lowest BCUT2D eigenvalue weighted by Crippen LogP contribution is -2.45. The molecule has 1 saturated heterocycles. The van der Waals surface area contributed by atoms with Gasteiger partial charge in [0.2, 0.25) is 11.8 Å². The quantitative estimate of drug-likeness (QED) is 0.651. The normalized spacial score (nSPS) is 15.1. The first-order valence-electron chi connectivity index (χ1n) is 10.8. The molecule has 0 aliphatic carbocycles. The lowest BCUT2D eigenvalue weighted by Gasteiger charge is -2.33. The minimum Gasteiger partial charge on any atom is -0.338 e. The summed E-state index contributed by atoms with van der Waals surface area (Å²) in [4.78, 5) is 19.1. The number of amides is 1. The molecule has 164 valence electrons. The first-order chi connectivity index (χ1) is 14.4. The summed E-state index contributed by atoms with van der Waals surface area (Å²) in [5.41, 5.74) is 2.38. The zero-order valence-electron chi connectivity index (χ0n) is 18.5. The molecule has 1 aliphatic rings. The van der Waals surface area contributed by atoms with Gasteiger partial charge in [-0.25, -0.2) is 4.39 Å². The third-order valence-electron chi connectivity index (χ3n) is 5.66. The third kappa shape index (κ3) is 5.39. The number of benzene rings is 1. The van der Waals surface area contributed by atoms with Crippen molar-refractivity contribution >= 4 is 11.8 Å². The van der Waals surface area contributed by atoms with Crippen LogP contribution in [0.25, 0.3) is 11.3 Å². The third-order valence-corrected chi connectivity index (χ3v) is 5.66. The average Bonchev–Trinajstić information content (AvgIpc) is 3.15. The molecule has 1 amide bonds. The van der Waals surface area contributed by atoms with Crippen LogP contribution in [0.3, 0.4) is 0 Å². The summed E-state index contributed by atoms with van der Waals surface area (Å²) < 4.78 is 19.3. The predicted molar refractivity (Wildman–Crippen MR) is 117 cm³/mol. The fraction of sp³-hybridized carbons (Fsp3) is 0.565. The Morgan fingerprint density at radius 1 is 1.20 bits per heavy atom. The van der Waals surface area contributed by atoms with Gasteiger partial charge in [0, 0.05) is 44.7 Å². The maximum Gasteiger partial charge on any atom is 0.232 e. The van der Waals surface area contributed by atoms with E-state index in [4.69, 9.17) is 4.52 Å². The standard InChI is InChI=1S/C23H33FN4O2/c1-5-21(29)28(11-10-17(2)3)16-20-22(18-6-8-19(24)9-7-18)25-30-23(20)27-14-12-26(4)13-15-27/h6-9,17H,5,10-16H2,1-4H3. The van der Waals surface area contributed by atoms with Gasteiger partial charge in [0.1, 0.15) is 11.5 Å². The summed E-state index contributed by atoms with van der Waals surface area (Å²) in [5.74, 6) is 1.06. The van der Waals surface area contributed by atoms with Gasteiger partial charge in [0.25, 0.3) is 0 Å². The Morgan fingerprint density at radius 3 is 2.47 bits per heavy atom. The Morgan fingerprint density at radius 2 is 1.87 bits per heavy atom. The van der Waals surface area contributed by atoms with Gasteiger partial charge < -0.3 is 19.2 Å². The van der Waals surface area contributed by atoms with E-state index in [1.54, 1.807) is 12.1 Å². The second-order valence-corrected chi connectivity index (χ2v) is 8.46. The van der Waals surface area contributed by atoms with Gasteiger partial charge in [-0.1, -0.05) is 25.9 Å². The molecular formula is C23H33FN4O2. The van der Waals surface area contributed by atoms with Gasteiger partial charge in [-0.3, -0.25) is 4.79 Å². The second-order valence-electron chi connectivity index (χ2n) is 8.46. The van der Waals surface area contributed by atoms with Crippen LogP contribution >= 0.6 is 0 Å². The molecule has 2 aromatic rings. The molecule has 0 unspecified atom stereocenters. The molecule has 1 fully saturated rings. The number of halogens is 1. The molecule has 6 nitrogen and oxygen atoms in total. The van der Waals surface area contributed by atoms with Gasteiger partial charge in [0.15, 0.2) is 0 Å². The van der Waals surface area contributed by atoms with Crippen molar-refractivity contribution in [2.45, 2.75) is 40.2 Å². The van der Waals surface area contributed by atoms with E-state index in [-0.39, 0.29) is 11.7 Å². The minimum absolute atomic E-state index is 0.117. The molecule has 1 aromatic carbocycles. The molecular weight excluding hydrogens is 383 g/mol. The summed E-state index contributed by atoms with van der Waals surface area (Å²) in [7, 11) is 2.11. The number of hydrogen-bond acceptors (Lipinski definition) is 5. The molecule has 0 radical (unpaired) electrons. The molecule has 30 heavy (non-hydrogen) atoms. The van der Waals surface area contributed by atoms with Gasteiger partial charge in [-0.05, 0) is 43.7 Å². The number of likely N-dealkylation sites (N-methyl/N-ethyl adjacent to an activating group) is 1. The van der Waals surface area contributed by atoms with Crippen LogP contribution in [-0.4, -0.2) is 60.6 Å². The summed E-state index contributed by atoms with van der Waals surface area (Å²) in [6.07, 6.45) is 1.39. The van der Waals surface area contributed by atoms with Gasteiger partial charge in [-0.2, -0.15) is 0 Å². The molecule has 1 aliphatic heterocycles. The molecule has 0 saturated carbocycles. The Hall–Kier alpha value is -2.41. The zero-order chi connectivity index (χ0) is 21.7. The van der Waals surface area contributed by atoms with Crippen molar-refractivity contribution in [1.29, 1.82) is 0 Å². The molecule has 0 bridgehead atoms. The summed E-state index contributed by atoms with van der Waals surface area (Å²) in [5, 5.41) is 4.35. The number of aromatic nitrogens is 1. The van der Waals surface area contributed by atoms with Crippen LogP contribution in [0.15, 0.2) is 28.8 Å². The average molecular weight is 417 g/mol. The van der Waals surface area contributed by atoms with Crippen molar-refractivity contribution in [2.24, 2.45) is 5.92 Å². The van der Waals surface area contributed by atoms with Crippen molar-refractivity contribution in [1.82, 2.24) is 15.0 Å². The van der Waals surface area contributed by atoms with E-state index in [1.165, 1.54) is 12.1 Å². The van der Waals surface area contributed by atoms with Crippen LogP contribution in [0.5, 0.6) is 0 Å². The SMILES string of the molecule is CCC(=O)N(CCC(C)C)Cc1c(-c2ccc(F)cc2)noc1N1CCN(C)CC1. The number of rotatable bonds is 8. The minimum atomic E-state index is -0.289. The lowest BCUT2D eigenvalue weighted by atomic mass is 10.1. The lowest BCUT2D eigenvalue weighted by molar-refractivity contribution is -0.131. The molecule has 1 aromatic heterocycles. The van der Waals surface area contributed by atoms with Crippen molar-refractivity contribution in [3.8, 4) is 11.3 Å². The highest BCUT2D eigenvalue weighted by atomic mass is 19.1. The first kappa shape index (κ1) is 22.3. The molecule has 0 N–H and O–H groups in total. The Labute approximate surface area is 178 Å². The van der Waals surface area contributed by atoms with Crippen LogP contribution < -0.4 is 4.90 Å². The van der Waals surface area contributed by atoms with Gasteiger partial charge >= 0.3 is 0 Å². The van der Waals surface area contributed by atoms with Crippen LogP contribution in [0.2, 0.25) is 0 Å². The smallest absolute Gasteiger partial charge is 0.232 e. The van der Waals surface area contributed by atoms with E-state index in [2.05, 4.69) is 35.9 Å². The topological polar surface area (TPSA) is 52.8 Å². The predicted octanol–water partition coefficient (Wildman–Crippen LogP) is 4.02. The maximum absolute atomic E-state index is 13.5. The monoisotopic (exact) mass is 416 g/mol. The van der Waals surface area contributed by atoms with E-state index >= 15 is 0 Å². The maximum atomic E-state index is 13.5. The molecule has 0 spiro atoms. The van der Waals surface area contributed by atoms with Crippen molar-refractivity contribution in [3.63, 3.8) is 0 Å². The van der Waals surface area contributed by atoms with Crippen LogP contribution in [0.4, 0.5) is 10.3 Å². The fourth-order valence-corrected chi connectivity index (χ4v) is 3.66. The highest BCUT2D eigenvalue weighted by Crippen LogP contribution is 2.33. The Balaban J connectivity index is 1.96. The molecule has 7 heteroatoms.